The largest absolute Gasteiger partial charge is 4.00 e. The Kier molecular flexibility index (Phi) is 18.3. The van der Waals surface area contributed by atoms with E-state index in [1.807, 2.05) is 0 Å². The molecule has 0 heterocycles. The predicted octanol–water partition coefficient (Wildman–Crippen LogP) is 3.52. The van der Waals surface area contributed by atoms with Crippen LogP contribution in [0.1, 0.15) is 91.9 Å². The average Bonchev–Trinajstić information content (AvgIpc) is 3.61. The van der Waals surface area contributed by atoms with Crippen LogP contribution in [0.3, 0.4) is 0 Å². The van der Waals surface area contributed by atoms with Crippen molar-refractivity contribution in [2.75, 3.05) is 0 Å². The van der Waals surface area contributed by atoms with Crippen LogP contribution in [0.25, 0.3) is 0 Å². The maximum atomic E-state index is 3.49. The summed E-state index contributed by atoms with van der Waals surface area (Å²) >= 11 is 0. The number of rotatable bonds is 10. The second-order valence-electron chi connectivity index (χ2n) is 9.21. The van der Waals surface area contributed by atoms with Gasteiger partial charge in [-0.3, -0.25) is 12.2 Å². The molecule has 0 aromatic heterocycles. The molecule has 2 atom stereocenters. The summed E-state index contributed by atoms with van der Waals surface area (Å²) < 4.78 is 0. The van der Waals surface area contributed by atoms with E-state index in [1.165, 1.54) is 49.7 Å². The molecule has 0 bridgehead atoms. The fourth-order valence-electron chi connectivity index (χ4n) is 5.52. The molecule has 0 aromatic rings. The van der Waals surface area contributed by atoms with E-state index in [-0.39, 0.29) is 51.0 Å². The van der Waals surface area contributed by atoms with E-state index in [0.29, 0.717) is 11.8 Å². The van der Waals surface area contributed by atoms with Gasteiger partial charge in [0.1, 0.15) is 0 Å². The zero-order valence-corrected chi connectivity index (χ0v) is 26.1. The molecular formula is C32H42Cl2Zr. The van der Waals surface area contributed by atoms with Crippen LogP contribution in [0.5, 0.6) is 0 Å². The SMILES string of the molecule is CCCC1=C(C(CC)C2=[C-]CC=C2)CC=C1.CCCC1=C(C(CC)C2=[C-]CC=C2)CC=C1.[Cl-].[Cl-].[Zr+4]. The molecule has 0 amide bonds. The Hall–Kier alpha value is -0.617. The van der Waals surface area contributed by atoms with Crippen molar-refractivity contribution in [1.29, 1.82) is 0 Å². The van der Waals surface area contributed by atoms with Crippen LogP contribution < -0.4 is 24.8 Å². The summed E-state index contributed by atoms with van der Waals surface area (Å²) in [6.07, 6.45) is 37.0. The molecule has 4 aliphatic carbocycles. The van der Waals surface area contributed by atoms with Gasteiger partial charge in [-0.2, -0.15) is 12.2 Å². The van der Waals surface area contributed by atoms with Gasteiger partial charge in [0, 0.05) is 0 Å². The van der Waals surface area contributed by atoms with E-state index in [1.54, 1.807) is 22.3 Å². The summed E-state index contributed by atoms with van der Waals surface area (Å²) in [4.78, 5) is 0. The molecule has 35 heavy (non-hydrogen) atoms. The third kappa shape index (κ3) is 9.32. The minimum Gasteiger partial charge on any atom is -1.00 e. The quantitative estimate of drug-likeness (QED) is 0.343. The van der Waals surface area contributed by atoms with Crippen molar-refractivity contribution in [3.05, 3.63) is 94.2 Å². The number of hydrogen-bond acceptors (Lipinski definition) is 0. The van der Waals surface area contributed by atoms with E-state index >= 15 is 0 Å². The summed E-state index contributed by atoms with van der Waals surface area (Å²) in [7, 11) is 0. The van der Waals surface area contributed by atoms with E-state index in [0.717, 1.165) is 25.7 Å². The normalized spacial score (nSPS) is 19.0. The molecule has 0 fully saturated rings. The maximum Gasteiger partial charge on any atom is 4.00 e. The first-order chi connectivity index (χ1) is 15.7. The van der Waals surface area contributed by atoms with Gasteiger partial charge in [-0.1, -0.05) is 76.0 Å². The number of halogens is 2. The van der Waals surface area contributed by atoms with Gasteiger partial charge in [-0.15, -0.1) is 12.8 Å². The van der Waals surface area contributed by atoms with E-state index in [4.69, 9.17) is 0 Å². The van der Waals surface area contributed by atoms with Crippen molar-refractivity contribution >= 4 is 0 Å². The van der Waals surface area contributed by atoms with Crippen LogP contribution >= 0.6 is 0 Å². The zero-order chi connectivity index (χ0) is 22.8. The number of allylic oxidation sites excluding steroid dienone is 16. The zero-order valence-electron chi connectivity index (χ0n) is 22.1. The smallest absolute Gasteiger partial charge is 1.00 e. The molecule has 4 rings (SSSR count). The van der Waals surface area contributed by atoms with Gasteiger partial charge in [-0.05, 0) is 61.5 Å². The third-order valence-electron chi connectivity index (χ3n) is 7.03. The summed E-state index contributed by atoms with van der Waals surface area (Å²) in [6, 6.07) is 0. The van der Waals surface area contributed by atoms with Gasteiger partial charge < -0.3 is 24.8 Å². The summed E-state index contributed by atoms with van der Waals surface area (Å²) in [5.74, 6) is 1.24. The van der Waals surface area contributed by atoms with Crippen molar-refractivity contribution in [3.8, 4) is 0 Å². The monoisotopic (exact) mass is 586 g/mol. The number of hydrogen-bond donors (Lipinski definition) is 0. The molecule has 0 saturated carbocycles. The molecule has 0 nitrogen and oxygen atoms in total. The van der Waals surface area contributed by atoms with Crippen LogP contribution in [0.4, 0.5) is 0 Å². The Morgan fingerprint density at radius 1 is 0.629 bits per heavy atom. The molecule has 0 aromatic carbocycles. The molecular weight excluding hydrogens is 546 g/mol. The van der Waals surface area contributed by atoms with Crippen molar-refractivity contribution in [2.24, 2.45) is 11.8 Å². The Bertz CT molecular complexity index is 819. The van der Waals surface area contributed by atoms with Crippen molar-refractivity contribution < 1.29 is 51.0 Å². The molecule has 0 radical (unpaired) electrons. The minimum atomic E-state index is 0. The molecule has 0 saturated heterocycles. The molecule has 0 N–H and O–H groups in total. The molecule has 188 valence electrons. The van der Waals surface area contributed by atoms with Gasteiger partial charge in [0.2, 0.25) is 0 Å². The Balaban J connectivity index is 0.000000608. The fraction of sp³-hybridized carbons (Fsp3) is 0.500. The van der Waals surface area contributed by atoms with Crippen LogP contribution in [0, 0.1) is 24.0 Å². The Morgan fingerprint density at radius 2 is 1.03 bits per heavy atom. The second kappa shape index (κ2) is 18.6. The van der Waals surface area contributed by atoms with Crippen molar-refractivity contribution in [1.82, 2.24) is 0 Å². The Labute approximate surface area is 247 Å². The third-order valence-corrected chi connectivity index (χ3v) is 7.03. The van der Waals surface area contributed by atoms with Crippen LogP contribution in [-0.2, 0) is 26.2 Å². The van der Waals surface area contributed by atoms with Gasteiger partial charge in [0.25, 0.3) is 0 Å². The van der Waals surface area contributed by atoms with Crippen LogP contribution in [0.15, 0.2) is 82.0 Å². The summed E-state index contributed by atoms with van der Waals surface area (Å²) in [5.41, 5.74) is 9.33. The van der Waals surface area contributed by atoms with Gasteiger partial charge in [0.15, 0.2) is 0 Å². The predicted molar refractivity (Wildman–Crippen MR) is 140 cm³/mol. The second-order valence-corrected chi connectivity index (χ2v) is 9.21. The van der Waals surface area contributed by atoms with E-state index < -0.39 is 0 Å². The molecule has 4 aliphatic rings. The molecule has 2 unspecified atom stereocenters. The first kappa shape index (κ1) is 34.4. The van der Waals surface area contributed by atoms with Crippen LogP contribution in [-0.4, -0.2) is 0 Å². The maximum absolute atomic E-state index is 3.49. The van der Waals surface area contributed by atoms with Crippen molar-refractivity contribution in [2.45, 2.75) is 91.9 Å². The van der Waals surface area contributed by atoms with Gasteiger partial charge in [0.05, 0.1) is 0 Å². The standard InChI is InChI=1S/2C16H21.2ClH.Zr/c2*1-3-8-13-11-7-12-16(13)15(4-2)14-9-5-6-10-14;;;/h2*5,7,9,11,15H,3-4,6,8,12H2,1-2H3;2*1H;/q2*-1;;;+4/p-2. The van der Waals surface area contributed by atoms with Gasteiger partial charge >= 0.3 is 26.2 Å². The van der Waals surface area contributed by atoms with Crippen LogP contribution in [0.2, 0.25) is 0 Å². The van der Waals surface area contributed by atoms with E-state index in [2.05, 4.69) is 88.5 Å². The Morgan fingerprint density at radius 3 is 1.31 bits per heavy atom. The fourth-order valence-corrected chi connectivity index (χ4v) is 5.52. The van der Waals surface area contributed by atoms with Crippen molar-refractivity contribution in [3.63, 3.8) is 0 Å². The molecule has 0 aliphatic heterocycles. The average molecular weight is 589 g/mol. The molecule has 3 heteroatoms. The topological polar surface area (TPSA) is 0 Å². The first-order valence-electron chi connectivity index (χ1n) is 13.0. The first-order valence-corrected chi connectivity index (χ1v) is 13.0. The summed E-state index contributed by atoms with van der Waals surface area (Å²) in [5, 5.41) is 0. The minimum absolute atomic E-state index is 0. The van der Waals surface area contributed by atoms with Gasteiger partial charge in [-0.25, -0.2) is 23.3 Å². The molecule has 0 spiro atoms. The van der Waals surface area contributed by atoms with E-state index in [9.17, 15) is 0 Å². The summed E-state index contributed by atoms with van der Waals surface area (Å²) in [6.45, 7) is 9.11.